The molecule has 0 aromatic heterocycles. The molecule has 2 aliphatic rings. The Morgan fingerprint density at radius 2 is 1.00 bits per heavy atom. The van der Waals surface area contributed by atoms with Gasteiger partial charge in [-0.15, -0.1) is 0 Å². The number of rotatable bonds is 9. The standard InChI is InChI=1S/C60H53N/c1-7-59(8-2)54-38-44(29-32-49(54)50-33-31-48(39-55(50)59)61(56-34-26-40(3)36-42(56)5)57-35-27-41(4)37-43(57)6)28-30-45-18-17-25-53-58(45)51-23-15-16-24-52(51)60(53,46-19-11-9-12-20-46)47-21-13-10-14-22-47/h9-39H,7-8H2,1-6H3/b30-28+. The second kappa shape index (κ2) is 15.1. The zero-order valence-electron chi connectivity index (χ0n) is 36.3. The molecule has 0 bridgehead atoms. The first-order valence-corrected chi connectivity index (χ1v) is 22.0. The summed E-state index contributed by atoms with van der Waals surface area (Å²) in [7, 11) is 0. The van der Waals surface area contributed by atoms with Crippen LogP contribution in [0.15, 0.2) is 176 Å². The maximum Gasteiger partial charge on any atom is 0.0713 e. The summed E-state index contributed by atoms with van der Waals surface area (Å²) in [6.45, 7) is 13.6. The summed E-state index contributed by atoms with van der Waals surface area (Å²) in [5.74, 6) is 0. The third kappa shape index (κ3) is 5.97. The molecule has 0 radical (unpaired) electrons. The first-order valence-electron chi connectivity index (χ1n) is 22.0. The van der Waals surface area contributed by atoms with Crippen LogP contribution in [0.3, 0.4) is 0 Å². The van der Waals surface area contributed by atoms with E-state index in [4.69, 9.17) is 0 Å². The van der Waals surface area contributed by atoms with Crippen LogP contribution in [-0.2, 0) is 10.8 Å². The van der Waals surface area contributed by atoms with Crippen molar-refractivity contribution in [2.75, 3.05) is 4.90 Å². The Balaban J connectivity index is 1.08. The van der Waals surface area contributed by atoms with E-state index in [0.717, 1.165) is 12.8 Å². The van der Waals surface area contributed by atoms with Crippen LogP contribution in [0, 0.1) is 27.7 Å². The molecule has 0 aliphatic heterocycles. The zero-order chi connectivity index (χ0) is 41.9. The molecule has 1 nitrogen and oxygen atoms in total. The van der Waals surface area contributed by atoms with Crippen LogP contribution in [0.1, 0.15) is 93.5 Å². The van der Waals surface area contributed by atoms with Gasteiger partial charge in [-0.2, -0.15) is 0 Å². The smallest absolute Gasteiger partial charge is 0.0713 e. The van der Waals surface area contributed by atoms with E-state index in [1.54, 1.807) is 0 Å². The second-order valence-corrected chi connectivity index (χ2v) is 17.4. The largest absolute Gasteiger partial charge is 0.310 e. The predicted molar refractivity (Wildman–Crippen MR) is 260 cm³/mol. The van der Waals surface area contributed by atoms with Crippen molar-refractivity contribution >= 4 is 29.2 Å². The first-order chi connectivity index (χ1) is 29.8. The van der Waals surface area contributed by atoms with E-state index in [1.165, 1.54) is 106 Å². The van der Waals surface area contributed by atoms with Gasteiger partial charge >= 0.3 is 0 Å². The molecule has 0 spiro atoms. The van der Waals surface area contributed by atoms with Crippen LogP contribution in [0.25, 0.3) is 34.4 Å². The number of nitrogens with zero attached hydrogens (tertiary/aromatic N) is 1. The highest BCUT2D eigenvalue weighted by Crippen LogP contribution is 2.58. The molecule has 0 saturated heterocycles. The van der Waals surface area contributed by atoms with Gasteiger partial charge in [-0.05, 0) is 143 Å². The van der Waals surface area contributed by atoms with E-state index in [0.29, 0.717) is 0 Å². The lowest BCUT2D eigenvalue weighted by molar-refractivity contribution is 0.490. The maximum atomic E-state index is 2.51. The highest BCUT2D eigenvalue weighted by atomic mass is 15.1. The molecule has 0 amide bonds. The van der Waals surface area contributed by atoms with Crippen LogP contribution in [0.4, 0.5) is 17.1 Å². The highest BCUT2D eigenvalue weighted by molar-refractivity contribution is 5.93. The number of benzene rings is 8. The molecule has 0 atom stereocenters. The minimum absolute atomic E-state index is 0.0985. The summed E-state index contributed by atoms with van der Waals surface area (Å²) in [5.41, 5.74) is 24.2. The van der Waals surface area contributed by atoms with Crippen molar-refractivity contribution < 1.29 is 0 Å². The minimum atomic E-state index is -0.412. The molecule has 0 N–H and O–H groups in total. The summed E-state index contributed by atoms with van der Waals surface area (Å²) in [6.07, 6.45) is 6.75. The summed E-state index contributed by atoms with van der Waals surface area (Å²) in [6, 6.07) is 66.2. The van der Waals surface area contributed by atoms with Crippen molar-refractivity contribution in [3.63, 3.8) is 0 Å². The van der Waals surface area contributed by atoms with Crippen molar-refractivity contribution in [2.45, 2.75) is 65.2 Å². The molecule has 0 unspecified atom stereocenters. The summed E-state index contributed by atoms with van der Waals surface area (Å²) in [4.78, 5) is 2.48. The number of aryl methyl sites for hydroxylation is 4. The van der Waals surface area contributed by atoms with Crippen LogP contribution in [0.5, 0.6) is 0 Å². The third-order valence-electron chi connectivity index (χ3n) is 14.0. The Kier molecular flexibility index (Phi) is 9.52. The number of fused-ring (bicyclic) bond motifs is 6. The highest BCUT2D eigenvalue weighted by Gasteiger charge is 2.46. The maximum absolute atomic E-state index is 2.51. The second-order valence-electron chi connectivity index (χ2n) is 17.4. The van der Waals surface area contributed by atoms with Gasteiger partial charge in [0.15, 0.2) is 0 Å². The van der Waals surface area contributed by atoms with Crippen LogP contribution in [0.2, 0.25) is 0 Å². The molecule has 0 fully saturated rings. The number of hydrogen-bond acceptors (Lipinski definition) is 1. The average molecular weight is 788 g/mol. The molecular weight excluding hydrogens is 735 g/mol. The molecule has 8 aromatic rings. The Morgan fingerprint density at radius 1 is 0.443 bits per heavy atom. The Bertz CT molecular complexity index is 2890. The molecule has 61 heavy (non-hydrogen) atoms. The van der Waals surface area contributed by atoms with Gasteiger partial charge in [0, 0.05) is 22.5 Å². The molecule has 2 aliphatic carbocycles. The fraction of sp³-hybridized carbons (Fsp3) is 0.167. The van der Waals surface area contributed by atoms with Gasteiger partial charge in [-0.25, -0.2) is 0 Å². The molecule has 298 valence electrons. The molecule has 10 rings (SSSR count). The monoisotopic (exact) mass is 787 g/mol. The average Bonchev–Trinajstić information content (AvgIpc) is 3.75. The van der Waals surface area contributed by atoms with E-state index >= 15 is 0 Å². The van der Waals surface area contributed by atoms with Crippen molar-refractivity contribution in [3.8, 4) is 22.3 Å². The molecule has 1 heteroatoms. The van der Waals surface area contributed by atoms with Crippen LogP contribution >= 0.6 is 0 Å². The van der Waals surface area contributed by atoms with Crippen LogP contribution < -0.4 is 4.90 Å². The zero-order valence-corrected chi connectivity index (χ0v) is 36.3. The van der Waals surface area contributed by atoms with Crippen molar-refractivity contribution in [2.24, 2.45) is 0 Å². The first kappa shape index (κ1) is 38.5. The summed E-state index contributed by atoms with van der Waals surface area (Å²) in [5, 5.41) is 0. The lowest BCUT2D eigenvalue weighted by Gasteiger charge is -2.33. The quantitative estimate of drug-likeness (QED) is 0.132. The van der Waals surface area contributed by atoms with E-state index in [2.05, 4.69) is 235 Å². The summed E-state index contributed by atoms with van der Waals surface area (Å²) < 4.78 is 0. The third-order valence-corrected chi connectivity index (χ3v) is 14.0. The molecular formula is C60H53N. The number of hydrogen-bond donors (Lipinski definition) is 0. The topological polar surface area (TPSA) is 3.24 Å². The molecule has 8 aromatic carbocycles. The SMILES string of the molecule is CCC1(CC)c2cc(/C=C/c3cccc4c3-c3ccccc3C4(c3ccccc3)c3ccccc3)ccc2-c2ccc(N(c3ccc(C)cc3C)c3ccc(C)cc3C)cc21. The lowest BCUT2D eigenvalue weighted by Crippen LogP contribution is -2.28. The fourth-order valence-corrected chi connectivity index (χ4v) is 11.1. The van der Waals surface area contributed by atoms with E-state index in [9.17, 15) is 0 Å². The lowest BCUT2D eigenvalue weighted by atomic mass is 9.67. The van der Waals surface area contributed by atoms with E-state index < -0.39 is 5.41 Å². The van der Waals surface area contributed by atoms with Crippen molar-refractivity contribution in [1.82, 2.24) is 0 Å². The predicted octanol–water partition coefficient (Wildman–Crippen LogP) is 16.0. The number of anilines is 3. The normalized spacial score (nSPS) is 14.1. The Hall–Kier alpha value is -6.70. The van der Waals surface area contributed by atoms with E-state index in [-0.39, 0.29) is 5.41 Å². The van der Waals surface area contributed by atoms with Gasteiger partial charge in [0.2, 0.25) is 0 Å². The van der Waals surface area contributed by atoms with Gasteiger partial charge < -0.3 is 4.90 Å². The minimum Gasteiger partial charge on any atom is -0.310 e. The van der Waals surface area contributed by atoms with Crippen molar-refractivity contribution in [1.29, 1.82) is 0 Å². The molecule has 0 saturated carbocycles. The molecule has 0 heterocycles. The Morgan fingerprint density at radius 3 is 1.61 bits per heavy atom. The van der Waals surface area contributed by atoms with Gasteiger partial charge in [-0.1, -0.05) is 189 Å². The van der Waals surface area contributed by atoms with Gasteiger partial charge in [0.05, 0.1) is 5.41 Å². The van der Waals surface area contributed by atoms with Crippen molar-refractivity contribution in [3.05, 3.63) is 243 Å². The van der Waals surface area contributed by atoms with Crippen LogP contribution in [-0.4, -0.2) is 0 Å². The Labute approximate surface area is 362 Å². The van der Waals surface area contributed by atoms with Gasteiger partial charge in [-0.3, -0.25) is 0 Å². The fourth-order valence-electron chi connectivity index (χ4n) is 11.1. The van der Waals surface area contributed by atoms with Gasteiger partial charge in [0.1, 0.15) is 0 Å². The summed E-state index contributed by atoms with van der Waals surface area (Å²) >= 11 is 0. The van der Waals surface area contributed by atoms with Gasteiger partial charge in [0.25, 0.3) is 0 Å². The van der Waals surface area contributed by atoms with E-state index in [1.807, 2.05) is 0 Å².